The number of hydrogen-bond donors (Lipinski definition) is 2. The molecule has 2 aromatic carbocycles. The van der Waals surface area contributed by atoms with E-state index in [9.17, 15) is 23.2 Å². The molecule has 30 heavy (non-hydrogen) atoms. The summed E-state index contributed by atoms with van der Waals surface area (Å²) >= 11 is 0. The van der Waals surface area contributed by atoms with Gasteiger partial charge in [0.15, 0.2) is 0 Å². The Morgan fingerprint density at radius 2 is 1.77 bits per heavy atom. The van der Waals surface area contributed by atoms with Crippen LogP contribution in [0.25, 0.3) is 11.1 Å². The fourth-order valence-electron chi connectivity index (χ4n) is 3.03. The van der Waals surface area contributed by atoms with Gasteiger partial charge in [-0.15, -0.1) is 0 Å². The van der Waals surface area contributed by atoms with E-state index in [0.717, 1.165) is 18.2 Å². The van der Waals surface area contributed by atoms with Crippen LogP contribution in [-0.2, 0) is 9.53 Å². The number of ether oxygens (including phenoxy) is 1. The van der Waals surface area contributed by atoms with Crippen LogP contribution in [0.4, 0.5) is 14.5 Å². The van der Waals surface area contributed by atoms with Crippen LogP contribution in [0.5, 0.6) is 0 Å². The molecule has 8 heteroatoms. The van der Waals surface area contributed by atoms with Gasteiger partial charge < -0.3 is 15.0 Å². The van der Waals surface area contributed by atoms with E-state index >= 15 is 0 Å². The van der Waals surface area contributed by atoms with Crippen LogP contribution in [0, 0.1) is 18.6 Å². The van der Waals surface area contributed by atoms with Gasteiger partial charge in [-0.1, -0.05) is 30.3 Å². The number of carbonyl (C=O) groups excluding carboxylic acids is 3. The van der Waals surface area contributed by atoms with Gasteiger partial charge in [0, 0.05) is 17.3 Å². The summed E-state index contributed by atoms with van der Waals surface area (Å²) in [5.74, 6) is -4.55. The Kier molecular flexibility index (Phi) is 6.06. The summed E-state index contributed by atoms with van der Waals surface area (Å²) in [7, 11) is 0. The smallest absolute Gasteiger partial charge is 0.340 e. The van der Waals surface area contributed by atoms with Crippen LogP contribution < -0.4 is 5.32 Å². The Morgan fingerprint density at radius 3 is 2.43 bits per heavy atom. The number of aryl methyl sites for hydroxylation is 1. The number of esters is 1. The number of amides is 1. The minimum atomic E-state index is -1.19. The molecule has 1 aromatic heterocycles. The van der Waals surface area contributed by atoms with Gasteiger partial charge in [-0.25, -0.2) is 13.6 Å². The lowest BCUT2D eigenvalue weighted by Gasteiger charge is -2.09. The summed E-state index contributed by atoms with van der Waals surface area (Å²) in [6.07, 6.45) is 0. The highest BCUT2D eigenvalue weighted by atomic mass is 19.1. The fourth-order valence-corrected chi connectivity index (χ4v) is 3.03. The second-order valence-corrected chi connectivity index (χ2v) is 6.37. The van der Waals surface area contributed by atoms with Crippen molar-refractivity contribution in [1.82, 2.24) is 4.98 Å². The number of rotatable bonds is 6. The van der Waals surface area contributed by atoms with Crippen molar-refractivity contribution in [2.75, 3.05) is 11.9 Å². The zero-order valence-electron chi connectivity index (χ0n) is 16.2. The number of benzene rings is 2. The van der Waals surface area contributed by atoms with E-state index in [4.69, 9.17) is 4.74 Å². The van der Waals surface area contributed by atoms with Crippen LogP contribution >= 0.6 is 0 Å². The maximum Gasteiger partial charge on any atom is 0.340 e. The first-order chi connectivity index (χ1) is 14.3. The third-order valence-corrected chi connectivity index (χ3v) is 4.34. The van der Waals surface area contributed by atoms with Gasteiger partial charge in [0.1, 0.15) is 17.3 Å². The van der Waals surface area contributed by atoms with Crippen molar-refractivity contribution in [1.29, 1.82) is 0 Å². The van der Waals surface area contributed by atoms with E-state index in [-0.39, 0.29) is 23.4 Å². The molecular formula is C22H18F2N2O4. The molecular weight excluding hydrogens is 394 g/mol. The number of hydrogen-bond acceptors (Lipinski definition) is 4. The SMILES string of the molecule is CCOC(=O)c1c(C)[nH]c(C(=O)C(=O)Nc2cc(F)ccc2F)c1-c1ccccc1. The van der Waals surface area contributed by atoms with Gasteiger partial charge in [0.05, 0.1) is 17.9 Å². The standard InChI is InChI=1S/C22H18F2N2O4/c1-3-30-22(29)17-12(2)25-19(18(17)13-7-5-4-6-8-13)20(27)21(28)26-16-11-14(23)9-10-15(16)24/h4-11,25H,3H2,1-2H3,(H,26,28). The molecule has 0 radical (unpaired) electrons. The van der Waals surface area contributed by atoms with Crippen molar-refractivity contribution in [3.63, 3.8) is 0 Å². The number of Topliss-reactive ketones (excluding diaryl/α,β-unsaturated/α-hetero) is 1. The van der Waals surface area contributed by atoms with E-state index in [1.54, 1.807) is 44.2 Å². The van der Waals surface area contributed by atoms with Crippen LogP contribution in [0.15, 0.2) is 48.5 Å². The summed E-state index contributed by atoms with van der Waals surface area (Å²) in [5.41, 5.74) is 0.542. The summed E-state index contributed by atoms with van der Waals surface area (Å²) in [4.78, 5) is 40.6. The summed E-state index contributed by atoms with van der Waals surface area (Å²) in [5, 5.41) is 2.07. The predicted molar refractivity (Wildman–Crippen MR) is 106 cm³/mol. The molecule has 0 fully saturated rings. The molecule has 0 saturated carbocycles. The lowest BCUT2D eigenvalue weighted by atomic mass is 9.98. The number of H-pyrrole nitrogens is 1. The molecule has 0 aliphatic rings. The van der Waals surface area contributed by atoms with E-state index in [1.165, 1.54) is 0 Å². The number of aromatic amines is 1. The molecule has 1 heterocycles. The molecule has 0 aliphatic carbocycles. The molecule has 0 spiro atoms. The van der Waals surface area contributed by atoms with Gasteiger partial charge in [0.2, 0.25) is 0 Å². The maximum atomic E-state index is 13.8. The first-order valence-electron chi connectivity index (χ1n) is 9.09. The van der Waals surface area contributed by atoms with Crippen molar-refractivity contribution in [3.8, 4) is 11.1 Å². The summed E-state index contributed by atoms with van der Waals surface area (Å²) in [6, 6.07) is 11.0. The zero-order chi connectivity index (χ0) is 21.8. The van der Waals surface area contributed by atoms with Crippen LogP contribution in [0.2, 0.25) is 0 Å². The van der Waals surface area contributed by atoms with Gasteiger partial charge in [-0.2, -0.15) is 0 Å². The van der Waals surface area contributed by atoms with E-state index in [2.05, 4.69) is 10.3 Å². The van der Waals surface area contributed by atoms with E-state index in [0.29, 0.717) is 11.3 Å². The number of halogens is 2. The minimum absolute atomic E-state index is 0.121. The van der Waals surface area contributed by atoms with Gasteiger partial charge >= 0.3 is 5.97 Å². The third-order valence-electron chi connectivity index (χ3n) is 4.34. The molecule has 0 bridgehead atoms. The average molecular weight is 412 g/mol. The Hall–Kier alpha value is -3.81. The first-order valence-corrected chi connectivity index (χ1v) is 9.09. The Morgan fingerprint density at radius 1 is 1.07 bits per heavy atom. The van der Waals surface area contributed by atoms with Crippen molar-refractivity contribution in [2.24, 2.45) is 0 Å². The second-order valence-electron chi connectivity index (χ2n) is 6.37. The van der Waals surface area contributed by atoms with Crippen LogP contribution in [0.3, 0.4) is 0 Å². The molecule has 0 aliphatic heterocycles. The highest BCUT2D eigenvalue weighted by Crippen LogP contribution is 2.31. The van der Waals surface area contributed by atoms with Crippen molar-refractivity contribution in [3.05, 3.63) is 77.1 Å². The van der Waals surface area contributed by atoms with Crippen LogP contribution in [-0.4, -0.2) is 29.3 Å². The molecule has 0 atom stereocenters. The Balaban J connectivity index is 2.05. The van der Waals surface area contributed by atoms with Crippen molar-refractivity contribution < 1.29 is 27.9 Å². The largest absolute Gasteiger partial charge is 0.462 e. The van der Waals surface area contributed by atoms with Crippen molar-refractivity contribution >= 4 is 23.3 Å². The Labute approximate surface area is 170 Å². The molecule has 1 amide bonds. The van der Waals surface area contributed by atoms with Gasteiger partial charge in [0.25, 0.3) is 11.7 Å². The molecule has 6 nitrogen and oxygen atoms in total. The summed E-state index contributed by atoms with van der Waals surface area (Å²) < 4.78 is 32.3. The maximum absolute atomic E-state index is 13.8. The van der Waals surface area contributed by atoms with Crippen molar-refractivity contribution in [2.45, 2.75) is 13.8 Å². The predicted octanol–water partition coefficient (Wildman–Crippen LogP) is 4.27. The average Bonchev–Trinajstić information content (AvgIpc) is 3.08. The number of nitrogens with one attached hydrogen (secondary N) is 2. The number of carbonyl (C=O) groups is 3. The zero-order valence-corrected chi connectivity index (χ0v) is 16.2. The third kappa shape index (κ3) is 4.12. The second kappa shape index (κ2) is 8.69. The minimum Gasteiger partial charge on any atom is -0.462 e. The first kappa shape index (κ1) is 20.9. The molecule has 154 valence electrons. The van der Waals surface area contributed by atoms with Gasteiger partial charge in [-0.05, 0) is 31.5 Å². The monoisotopic (exact) mass is 412 g/mol. The fraction of sp³-hybridized carbons (Fsp3) is 0.136. The molecule has 0 unspecified atom stereocenters. The number of ketones is 1. The molecule has 2 N–H and O–H groups in total. The lowest BCUT2D eigenvalue weighted by Crippen LogP contribution is -2.24. The number of aromatic nitrogens is 1. The van der Waals surface area contributed by atoms with Gasteiger partial charge in [-0.3, -0.25) is 9.59 Å². The topological polar surface area (TPSA) is 88.3 Å². The highest BCUT2D eigenvalue weighted by Gasteiger charge is 2.30. The van der Waals surface area contributed by atoms with E-state index in [1.807, 2.05) is 0 Å². The quantitative estimate of drug-likeness (QED) is 0.360. The Bertz CT molecular complexity index is 1120. The number of anilines is 1. The highest BCUT2D eigenvalue weighted by molar-refractivity contribution is 6.47. The normalized spacial score (nSPS) is 10.5. The summed E-state index contributed by atoms with van der Waals surface area (Å²) in [6.45, 7) is 3.34. The molecule has 3 aromatic rings. The molecule has 0 saturated heterocycles. The van der Waals surface area contributed by atoms with Crippen LogP contribution in [0.1, 0.15) is 33.5 Å². The lowest BCUT2D eigenvalue weighted by molar-refractivity contribution is -0.112. The van der Waals surface area contributed by atoms with E-state index < -0.39 is 35.0 Å². The molecule has 3 rings (SSSR count).